The van der Waals surface area contributed by atoms with E-state index in [4.69, 9.17) is 0 Å². The van der Waals surface area contributed by atoms with Crippen LogP contribution < -0.4 is 5.32 Å². The summed E-state index contributed by atoms with van der Waals surface area (Å²) in [7, 11) is 0. The number of halogens is 2. The van der Waals surface area contributed by atoms with E-state index in [2.05, 4.69) is 21.2 Å². The normalized spacial score (nSPS) is 10.6. The number of amides is 1. The van der Waals surface area contributed by atoms with Gasteiger partial charge >= 0.3 is 0 Å². The molecule has 0 aromatic heterocycles. The summed E-state index contributed by atoms with van der Waals surface area (Å²) < 4.78 is 13.4. The summed E-state index contributed by atoms with van der Waals surface area (Å²) in [5.41, 5.74) is 1.08. The van der Waals surface area contributed by atoms with Crippen LogP contribution in [0, 0.1) is 15.9 Å². The number of nitro benzene ring substituents is 1. The largest absolute Gasteiger partial charge is 0.321 e. The van der Waals surface area contributed by atoms with Gasteiger partial charge in [-0.3, -0.25) is 14.9 Å². The number of nitro groups is 1. The van der Waals surface area contributed by atoms with E-state index in [0.29, 0.717) is 15.7 Å². The van der Waals surface area contributed by atoms with Crippen molar-refractivity contribution in [3.63, 3.8) is 0 Å². The van der Waals surface area contributed by atoms with Crippen molar-refractivity contribution in [3.05, 3.63) is 74.5 Å². The number of nitrogens with zero attached hydrogens (tertiary/aromatic N) is 1. The van der Waals surface area contributed by atoms with Crippen LogP contribution in [0.3, 0.4) is 0 Å². The highest BCUT2D eigenvalue weighted by Gasteiger charge is 2.05. The highest BCUT2D eigenvalue weighted by Crippen LogP contribution is 2.23. The van der Waals surface area contributed by atoms with Crippen LogP contribution >= 0.6 is 15.9 Å². The topological polar surface area (TPSA) is 72.2 Å². The molecule has 0 fully saturated rings. The molecule has 1 N–H and O–H groups in total. The van der Waals surface area contributed by atoms with Crippen molar-refractivity contribution in [2.75, 3.05) is 5.32 Å². The molecule has 1 amide bonds. The number of anilines is 1. The first kappa shape index (κ1) is 15.8. The van der Waals surface area contributed by atoms with Gasteiger partial charge in [0, 0.05) is 22.7 Å². The van der Waals surface area contributed by atoms with E-state index in [9.17, 15) is 19.3 Å². The molecule has 0 bridgehead atoms. The van der Waals surface area contributed by atoms with Crippen molar-refractivity contribution in [3.8, 4) is 0 Å². The fourth-order valence-corrected chi connectivity index (χ4v) is 2.09. The summed E-state index contributed by atoms with van der Waals surface area (Å²) in [6, 6.07) is 9.71. The van der Waals surface area contributed by atoms with Crippen LogP contribution in [0.15, 0.2) is 53.0 Å². The first-order chi connectivity index (χ1) is 10.5. The van der Waals surface area contributed by atoms with Gasteiger partial charge in [0.1, 0.15) is 5.82 Å². The van der Waals surface area contributed by atoms with Gasteiger partial charge in [-0.25, -0.2) is 4.39 Å². The number of carbonyl (C=O) groups excluding carboxylic acids is 1. The van der Waals surface area contributed by atoms with Crippen LogP contribution in [0.4, 0.5) is 15.8 Å². The SMILES string of the molecule is O=C(C=Cc1ccc([N+](=O)[O-])cc1)Nc1ccc(F)cc1Br. The molecule has 0 spiro atoms. The van der Waals surface area contributed by atoms with Crippen molar-refractivity contribution < 1.29 is 14.1 Å². The highest BCUT2D eigenvalue weighted by molar-refractivity contribution is 9.10. The standard InChI is InChI=1S/C15H10BrFN2O3/c16-13-9-11(17)4-7-14(13)18-15(20)8-3-10-1-5-12(6-2-10)19(21)22/h1-9H,(H,18,20). The molecule has 0 heterocycles. The quantitative estimate of drug-likeness (QED) is 0.503. The smallest absolute Gasteiger partial charge is 0.269 e. The molecule has 0 saturated carbocycles. The minimum absolute atomic E-state index is 0.0168. The third-order valence-electron chi connectivity index (χ3n) is 2.72. The molecule has 2 aromatic carbocycles. The Morgan fingerprint density at radius 3 is 2.50 bits per heavy atom. The number of nitrogens with one attached hydrogen (secondary N) is 1. The molecular formula is C15H10BrFN2O3. The Morgan fingerprint density at radius 2 is 1.91 bits per heavy atom. The number of hydrogen-bond donors (Lipinski definition) is 1. The Morgan fingerprint density at radius 1 is 1.23 bits per heavy atom. The predicted molar refractivity (Wildman–Crippen MR) is 84.9 cm³/mol. The van der Waals surface area contributed by atoms with Crippen LogP contribution in [0.1, 0.15) is 5.56 Å². The zero-order valence-electron chi connectivity index (χ0n) is 11.1. The molecule has 0 atom stereocenters. The van der Waals surface area contributed by atoms with Crippen molar-refractivity contribution in [1.82, 2.24) is 0 Å². The van der Waals surface area contributed by atoms with Gasteiger partial charge in [0.05, 0.1) is 10.6 Å². The third-order valence-corrected chi connectivity index (χ3v) is 3.38. The third kappa shape index (κ3) is 4.23. The molecule has 2 aromatic rings. The molecule has 112 valence electrons. The minimum atomic E-state index is -0.494. The van der Waals surface area contributed by atoms with E-state index in [0.717, 1.165) is 0 Å². The van der Waals surface area contributed by atoms with Gasteiger partial charge in [0.25, 0.3) is 5.69 Å². The fourth-order valence-electron chi connectivity index (χ4n) is 1.64. The molecule has 0 unspecified atom stereocenters. The fraction of sp³-hybridized carbons (Fsp3) is 0. The van der Waals surface area contributed by atoms with Crippen molar-refractivity contribution in [2.45, 2.75) is 0 Å². The molecule has 0 radical (unpaired) electrons. The van der Waals surface area contributed by atoms with Gasteiger partial charge in [0.2, 0.25) is 5.91 Å². The molecule has 2 rings (SSSR count). The zero-order chi connectivity index (χ0) is 16.1. The second-order valence-electron chi connectivity index (χ2n) is 4.30. The number of carbonyl (C=O) groups is 1. The van der Waals surface area contributed by atoms with Crippen LogP contribution in [0.5, 0.6) is 0 Å². The first-order valence-corrected chi connectivity index (χ1v) is 6.93. The molecule has 0 aliphatic heterocycles. The lowest BCUT2D eigenvalue weighted by atomic mass is 10.2. The van der Waals surface area contributed by atoms with Gasteiger partial charge in [-0.05, 0) is 57.9 Å². The Balaban J connectivity index is 2.03. The molecule has 5 nitrogen and oxygen atoms in total. The van der Waals surface area contributed by atoms with Crippen molar-refractivity contribution in [2.24, 2.45) is 0 Å². The molecule has 7 heteroatoms. The molecule has 0 saturated heterocycles. The summed E-state index contributed by atoms with van der Waals surface area (Å²) in [6.07, 6.45) is 2.81. The summed E-state index contributed by atoms with van der Waals surface area (Å²) >= 11 is 3.15. The van der Waals surface area contributed by atoms with Crippen molar-refractivity contribution >= 4 is 39.3 Å². The number of hydrogen-bond acceptors (Lipinski definition) is 3. The minimum Gasteiger partial charge on any atom is -0.321 e. The van der Waals surface area contributed by atoms with Gasteiger partial charge in [0.15, 0.2) is 0 Å². The van der Waals surface area contributed by atoms with E-state index in [1.807, 2.05) is 0 Å². The molecule has 22 heavy (non-hydrogen) atoms. The Labute approximate surface area is 133 Å². The van der Waals surface area contributed by atoms with Gasteiger partial charge in [-0.15, -0.1) is 0 Å². The second-order valence-corrected chi connectivity index (χ2v) is 5.15. The van der Waals surface area contributed by atoms with Crippen LogP contribution in [-0.2, 0) is 4.79 Å². The van der Waals surface area contributed by atoms with Crippen LogP contribution in [0.2, 0.25) is 0 Å². The number of benzene rings is 2. The van der Waals surface area contributed by atoms with Crippen LogP contribution in [-0.4, -0.2) is 10.8 Å². The maximum atomic E-state index is 12.9. The average Bonchev–Trinajstić information content (AvgIpc) is 2.48. The van der Waals surface area contributed by atoms with E-state index < -0.39 is 16.6 Å². The molecule has 0 aliphatic carbocycles. The van der Waals surface area contributed by atoms with Crippen molar-refractivity contribution in [1.29, 1.82) is 0 Å². The Bertz CT molecular complexity index is 745. The molecule has 0 aliphatic rings. The second kappa shape index (κ2) is 6.95. The maximum absolute atomic E-state index is 12.9. The van der Waals surface area contributed by atoms with Gasteiger partial charge in [-0.2, -0.15) is 0 Å². The number of rotatable bonds is 4. The first-order valence-electron chi connectivity index (χ1n) is 6.14. The highest BCUT2D eigenvalue weighted by atomic mass is 79.9. The molecular weight excluding hydrogens is 355 g/mol. The summed E-state index contributed by atoms with van der Waals surface area (Å²) in [6.45, 7) is 0. The lowest BCUT2D eigenvalue weighted by Gasteiger charge is -2.04. The van der Waals surface area contributed by atoms with E-state index in [1.54, 1.807) is 0 Å². The summed E-state index contributed by atoms with van der Waals surface area (Å²) in [4.78, 5) is 21.8. The maximum Gasteiger partial charge on any atom is 0.269 e. The summed E-state index contributed by atoms with van der Waals surface area (Å²) in [5.74, 6) is -0.808. The monoisotopic (exact) mass is 364 g/mol. The van der Waals surface area contributed by atoms with Crippen LogP contribution in [0.25, 0.3) is 6.08 Å². The predicted octanol–water partition coefficient (Wildman–Crippen LogP) is 4.15. The van der Waals surface area contributed by atoms with E-state index in [1.165, 1.54) is 54.6 Å². The van der Waals surface area contributed by atoms with E-state index in [-0.39, 0.29) is 5.69 Å². The zero-order valence-corrected chi connectivity index (χ0v) is 12.7. The Hall–Kier alpha value is -2.54. The Kier molecular flexibility index (Phi) is 5.00. The van der Waals surface area contributed by atoms with E-state index >= 15 is 0 Å². The lowest BCUT2D eigenvalue weighted by Crippen LogP contribution is -2.08. The lowest BCUT2D eigenvalue weighted by molar-refractivity contribution is -0.384. The van der Waals surface area contributed by atoms with Gasteiger partial charge in [-0.1, -0.05) is 0 Å². The average molecular weight is 365 g/mol. The van der Waals surface area contributed by atoms with Gasteiger partial charge < -0.3 is 5.32 Å². The summed E-state index contributed by atoms with van der Waals surface area (Å²) in [5, 5.41) is 13.1. The number of non-ortho nitro benzene ring substituents is 1.